The molecule has 0 atom stereocenters. The van der Waals surface area contributed by atoms with Gasteiger partial charge in [-0.05, 0) is 139 Å². The van der Waals surface area contributed by atoms with Crippen LogP contribution in [0.1, 0.15) is 104 Å². The topological polar surface area (TPSA) is 6.48 Å². The first kappa shape index (κ1) is 37.9. The summed E-state index contributed by atoms with van der Waals surface area (Å²) in [5, 5.41) is 0. The number of nitrogens with zero attached hydrogens (tertiary/aromatic N) is 2. The van der Waals surface area contributed by atoms with E-state index in [0.717, 1.165) is 0 Å². The van der Waals surface area contributed by atoms with Crippen molar-refractivity contribution in [3.05, 3.63) is 220 Å². The van der Waals surface area contributed by atoms with E-state index in [1.807, 2.05) is 0 Å². The number of anilines is 5. The molecule has 5 aliphatic rings. The van der Waals surface area contributed by atoms with Gasteiger partial charge in [-0.1, -0.05) is 181 Å². The van der Waals surface area contributed by atoms with Crippen molar-refractivity contribution < 1.29 is 0 Å². The highest BCUT2D eigenvalue weighted by Crippen LogP contribution is 2.61. The smallest absolute Gasteiger partial charge is 0.333 e. The summed E-state index contributed by atoms with van der Waals surface area (Å²) in [6, 6.07) is 65.7. The minimum atomic E-state index is -0.555. The van der Waals surface area contributed by atoms with Crippen LogP contribution in [0.2, 0.25) is 0 Å². The zero-order chi connectivity index (χ0) is 43.5. The van der Waals surface area contributed by atoms with E-state index in [-0.39, 0.29) is 23.1 Å². The fraction of sp³-hybridized carbons (Fsp3) is 0.213. The minimum Gasteiger partial charge on any atom is -0.376 e. The van der Waals surface area contributed by atoms with E-state index in [1.165, 1.54) is 125 Å². The summed E-state index contributed by atoms with van der Waals surface area (Å²) < 4.78 is 0. The van der Waals surface area contributed by atoms with Gasteiger partial charge in [-0.25, -0.2) is 0 Å². The summed E-state index contributed by atoms with van der Waals surface area (Å²) in [7, 11) is 0. The van der Waals surface area contributed by atoms with E-state index in [2.05, 4.69) is 228 Å². The first-order valence-electron chi connectivity index (χ1n) is 23.4. The second kappa shape index (κ2) is 12.8. The van der Waals surface area contributed by atoms with Gasteiger partial charge in [0.2, 0.25) is 0 Å². The van der Waals surface area contributed by atoms with Crippen molar-refractivity contribution in [2.45, 2.75) is 83.0 Å². The fourth-order valence-electron chi connectivity index (χ4n) is 13.4. The maximum atomic E-state index is 2.77. The van der Waals surface area contributed by atoms with Gasteiger partial charge >= 0.3 is 6.85 Å². The van der Waals surface area contributed by atoms with Crippen LogP contribution in [-0.2, 0) is 21.7 Å². The predicted molar refractivity (Wildman–Crippen MR) is 270 cm³/mol. The molecule has 0 spiro atoms. The molecule has 0 saturated heterocycles. The Morgan fingerprint density at radius 3 is 1.84 bits per heavy atom. The third-order valence-electron chi connectivity index (χ3n) is 16.4. The van der Waals surface area contributed by atoms with Crippen molar-refractivity contribution in [1.29, 1.82) is 0 Å². The first-order chi connectivity index (χ1) is 30.9. The average Bonchev–Trinajstić information content (AvgIpc) is 3.55. The molecule has 64 heavy (non-hydrogen) atoms. The quantitative estimate of drug-likeness (QED) is 0.164. The van der Waals surface area contributed by atoms with Crippen molar-refractivity contribution in [2.24, 2.45) is 0 Å². The van der Waals surface area contributed by atoms with Gasteiger partial charge in [0.1, 0.15) is 0 Å². The second-order valence-electron chi connectivity index (χ2n) is 21.1. The highest BCUT2D eigenvalue weighted by Gasteiger charge is 2.54. The van der Waals surface area contributed by atoms with Crippen LogP contribution in [0.4, 0.5) is 28.4 Å². The monoisotopic (exact) mass is 824 g/mol. The highest BCUT2D eigenvalue weighted by atomic mass is 15.2. The standard InChI is InChI=1S/C61H53BN2/c1-38-35-44-54-52(32-30-43-42-23-14-15-24-45(42)60(6,7)55(43)54)64(41-29-31-46-49(37-41)59(4,5)34-33-58(46,2)3)62-50-27-18-26-48-57(50)63(53(36-38)56(44)62)51-28-17-16-25-47(51)61(48,39-19-10-8-11-20-39)40-21-12-9-13-22-40/h8-32,35-37H,33-34H2,1-7H3. The van der Waals surface area contributed by atoms with Gasteiger partial charge < -0.3 is 9.71 Å². The molecule has 3 heteroatoms. The Labute approximate surface area is 379 Å². The minimum absolute atomic E-state index is 0.0607. The Bertz CT molecular complexity index is 3240. The molecule has 0 bridgehead atoms. The Kier molecular flexibility index (Phi) is 7.58. The molecular weight excluding hydrogens is 771 g/mol. The van der Waals surface area contributed by atoms with Crippen LogP contribution in [0.3, 0.4) is 0 Å². The van der Waals surface area contributed by atoms with E-state index in [1.54, 1.807) is 0 Å². The van der Waals surface area contributed by atoms with Crippen LogP contribution < -0.4 is 20.6 Å². The fourth-order valence-corrected chi connectivity index (χ4v) is 13.4. The molecule has 2 aliphatic carbocycles. The molecule has 0 unspecified atom stereocenters. The van der Waals surface area contributed by atoms with E-state index < -0.39 is 5.41 Å². The summed E-state index contributed by atoms with van der Waals surface area (Å²) in [5.74, 6) is 0. The molecule has 0 radical (unpaired) electrons. The molecule has 3 aliphatic heterocycles. The van der Waals surface area contributed by atoms with Crippen molar-refractivity contribution in [3.8, 4) is 22.3 Å². The number of hydrogen-bond donors (Lipinski definition) is 0. The summed E-state index contributed by atoms with van der Waals surface area (Å²) >= 11 is 0. The lowest BCUT2D eigenvalue weighted by Gasteiger charge is -2.52. The Hall–Kier alpha value is -6.58. The molecule has 8 aromatic carbocycles. The van der Waals surface area contributed by atoms with E-state index in [4.69, 9.17) is 0 Å². The molecule has 0 amide bonds. The lowest BCUT2D eigenvalue weighted by molar-refractivity contribution is 0.332. The molecule has 0 N–H and O–H groups in total. The Morgan fingerprint density at radius 2 is 1.11 bits per heavy atom. The lowest BCUT2D eigenvalue weighted by Crippen LogP contribution is -2.63. The Morgan fingerprint density at radius 1 is 0.469 bits per heavy atom. The number of fused-ring (bicyclic) bond motifs is 11. The van der Waals surface area contributed by atoms with Crippen molar-refractivity contribution in [2.75, 3.05) is 9.71 Å². The van der Waals surface area contributed by atoms with Crippen LogP contribution in [0, 0.1) is 6.92 Å². The van der Waals surface area contributed by atoms with Crippen molar-refractivity contribution in [3.63, 3.8) is 0 Å². The number of benzene rings is 8. The lowest BCUT2D eigenvalue weighted by atomic mass is 9.42. The molecule has 310 valence electrons. The van der Waals surface area contributed by atoms with Gasteiger partial charge in [-0.15, -0.1) is 0 Å². The third-order valence-corrected chi connectivity index (χ3v) is 16.4. The van der Waals surface area contributed by atoms with Crippen LogP contribution in [0.25, 0.3) is 22.3 Å². The average molecular weight is 825 g/mol. The number of aryl methyl sites for hydroxylation is 1. The third kappa shape index (κ3) is 4.72. The molecule has 3 heterocycles. The van der Waals surface area contributed by atoms with Crippen LogP contribution >= 0.6 is 0 Å². The van der Waals surface area contributed by atoms with Gasteiger partial charge in [0, 0.05) is 33.7 Å². The Balaban J connectivity index is 1.18. The maximum absolute atomic E-state index is 2.77. The van der Waals surface area contributed by atoms with Gasteiger partial charge in [0.15, 0.2) is 0 Å². The van der Waals surface area contributed by atoms with Crippen LogP contribution in [0.5, 0.6) is 0 Å². The van der Waals surface area contributed by atoms with E-state index >= 15 is 0 Å². The summed E-state index contributed by atoms with van der Waals surface area (Å²) in [5.41, 5.74) is 26.3. The molecule has 0 fully saturated rings. The second-order valence-corrected chi connectivity index (χ2v) is 21.1. The molecule has 0 aromatic heterocycles. The van der Waals surface area contributed by atoms with Gasteiger partial charge in [-0.2, -0.15) is 0 Å². The van der Waals surface area contributed by atoms with Gasteiger partial charge in [0.05, 0.1) is 11.1 Å². The summed E-state index contributed by atoms with van der Waals surface area (Å²) in [4.78, 5) is 5.44. The molecular formula is C61H53BN2. The largest absolute Gasteiger partial charge is 0.376 e. The van der Waals surface area contributed by atoms with Crippen molar-refractivity contribution >= 4 is 46.2 Å². The highest BCUT2D eigenvalue weighted by molar-refractivity contribution is 6.93. The van der Waals surface area contributed by atoms with Gasteiger partial charge in [-0.3, -0.25) is 0 Å². The molecule has 8 aromatic rings. The number of hydrogen-bond acceptors (Lipinski definition) is 2. The van der Waals surface area contributed by atoms with E-state index in [0.29, 0.717) is 0 Å². The predicted octanol–water partition coefficient (Wildman–Crippen LogP) is 14.1. The first-order valence-corrected chi connectivity index (χ1v) is 23.4. The molecule has 0 saturated carbocycles. The number of rotatable bonds is 3. The summed E-state index contributed by atoms with van der Waals surface area (Å²) in [6.07, 6.45) is 2.36. The van der Waals surface area contributed by atoms with Crippen LogP contribution in [-0.4, -0.2) is 6.85 Å². The SMILES string of the molecule is Cc1cc2c3c(c1)N1c4ccccc4C(c4ccccc4)(c4ccccc4)c4cccc(c41)B3N(c1ccc3c(c1)C(C)(C)CCC3(C)C)c1ccc3c(c1-2)C(C)(C)c1ccccc1-3. The normalized spacial score (nSPS) is 17.9. The zero-order valence-electron chi connectivity index (χ0n) is 38.1. The molecule has 2 nitrogen and oxygen atoms in total. The van der Waals surface area contributed by atoms with Gasteiger partial charge in [0.25, 0.3) is 0 Å². The van der Waals surface area contributed by atoms with Crippen LogP contribution in [0.15, 0.2) is 170 Å². The number of para-hydroxylation sites is 2. The van der Waals surface area contributed by atoms with E-state index in [9.17, 15) is 0 Å². The molecule has 13 rings (SSSR count). The maximum Gasteiger partial charge on any atom is 0.333 e. The zero-order valence-corrected chi connectivity index (χ0v) is 38.1. The summed E-state index contributed by atoms with van der Waals surface area (Å²) in [6.45, 7) is 17.0. The van der Waals surface area contributed by atoms with Crippen molar-refractivity contribution in [1.82, 2.24) is 0 Å².